The minimum Gasteiger partial charge on any atom is -0.394 e. The molecule has 0 bridgehead atoms. The number of carbonyl (C=O) groups is 1. The topological polar surface area (TPSA) is 149 Å². The number of unbranched alkanes of at least 4 members (excludes halogenated alkanes) is 20. The van der Waals surface area contributed by atoms with Crippen molar-refractivity contribution in [2.24, 2.45) is 0 Å². The highest BCUT2D eigenvalue weighted by Gasteiger charge is 2.44. The Bertz CT molecular complexity index is 681. The molecular weight excluding hydrogens is 574 g/mol. The van der Waals surface area contributed by atoms with Gasteiger partial charge in [-0.15, -0.1) is 0 Å². The molecule has 1 amide bonds. The quantitative estimate of drug-likeness (QED) is 0.0517. The Balaban J connectivity index is 2.44. The molecule has 0 aromatic rings. The van der Waals surface area contributed by atoms with Crippen molar-refractivity contribution in [1.82, 2.24) is 5.32 Å². The molecule has 0 saturated carbocycles. The molecule has 1 fully saturated rings. The first kappa shape index (κ1) is 42.2. The van der Waals surface area contributed by atoms with Crippen LogP contribution in [0.2, 0.25) is 0 Å². The van der Waals surface area contributed by atoms with E-state index < -0.39 is 49.5 Å². The minimum absolute atomic E-state index is 0.133. The van der Waals surface area contributed by atoms with Gasteiger partial charge >= 0.3 is 0 Å². The second kappa shape index (κ2) is 28.2. The normalized spacial score (nSPS) is 23.2. The molecule has 0 aromatic carbocycles. The predicted molar refractivity (Wildman–Crippen MR) is 180 cm³/mol. The van der Waals surface area contributed by atoms with Crippen molar-refractivity contribution in [3.05, 3.63) is 0 Å². The molecule has 0 radical (unpaired) electrons. The second-order valence-corrected chi connectivity index (χ2v) is 13.4. The lowest BCUT2D eigenvalue weighted by Gasteiger charge is -2.40. The van der Waals surface area contributed by atoms with Crippen molar-refractivity contribution in [2.45, 2.75) is 211 Å². The van der Waals surface area contributed by atoms with Crippen LogP contribution in [0.5, 0.6) is 0 Å². The number of hydrogen-bond donors (Lipinski definition) is 6. The summed E-state index contributed by atoms with van der Waals surface area (Å²) < 4.78 is 11.2. The number of hydrogen-bond acceptors (Lipinski definition) is 8. The Morgan fingerprint density at radius 3 is 1.58 bits per heavy atom. The summed E-state index contributed by atoms with van der Waals surface area (Å²) in [5, 5.41) is 53.9. The maximum Gasteiger partial charge on any atom is 0.220 e. The second-order valence-electron chi connectivity index (χ2n) is 13.4. The number of nitrogens with one attached hydrogen (secondary N) is 1. The van der Waals surface area contributed by atoms with Crippen LogP contribution in [0.25, 0.3) is 0 Å². The third-order valence-corrected chi connectivity index (χ3v) is 9.21. The zero-order valence-corrected chi connectivity index (χ0v) is 28.9. The summed E-state index contributed by atoms with van der Waals surface area (Å²) in [4.78, 5) is 12.8. The van der Waals surface area contributed by atoms with E-state index in [1.54, 1.807) is 0 Å². The van der Waals surface area contributed by atoms with Crippen molar-refractivity contribution in [3.8, 4) is 0 Å². The van der Waals surface area contributed by atoms with Gasteiger partial charge < -0.3 is 40.3 Å². The lowest BCUT2D eigenvalue weighted by atomic mass is 9.99. The van der Waals surface area contributed by atoms with Gasteiger partial charge in [-0.25, -0.2) is 0 Å². The number of ether oxygens (including phenoxy) is 2. The zero-order valence-electron chi connectivity index (χ0n) is 28.9. The van der Waals surface area contributed by atoms with Gasteiger partial charge in [0.1, 0.15) is 24.4 Å². The van der Waals surface area contributed by atoms with Gasteiger partial charge in [0.15, 0.2) is 6.29 Å². The van der Waals surface area contributed by atoms with E-state index in [4.69, 9.17) is 9.47 Å². The third-order valence-electron chi connectivity index (χ3n) is 9.21. The van der Waals surface area contributed by atoms with E-state index in [-0.39, 0.29) is 12.5 Å². The van der Waals surface area contributed by atoms with Gasteiger partial charge in [-0.2, -0.15) is 0 Å². The summed E-state index contributed by atoms with van der Waals surface area (Å²) in [6, 6.07) is -0.708. The van der Waals surface area contributed by atoms with Gasteiger partial charge in [0.2, 0.25) is 5.91 Å². The van der Waals surface area contributed by atoms with Crippen LogP contribution in [0.4, 0.5) is 0 Å². The molecule has 1 aliphatic rings. The Kier molecular flexibility index (Phi) is 26.5. The molecule has 0 aromatic heterocycles. The van der Waals surface area contributed by atoms with Gasteiger partial charge in [0, 0.05) is 6.42 Å². The third kappa shape index (κ3) is 20.2. The summed E-state index contributed by atoms with van der Waals surface area (Å²) in [5.41, 5.74) is 0. The number of aliphatic hydroxyl groups excluding tert-OH is 5. The van der Waals surface area contributed by atoms with Crippen molar-refractivity contribution >= 4 is 5.91 Å². The Morgan fingerprint density at radius 2 is 1.11 bits per heavy atom. The van der Waals surface area contributed by atoms with Crippen molar-refractivity contribution in [1.29, 1.82) is 0 Å². The van der Waals surface area contributed by atoms with E-state index >= 15 is 0 Å². The lowest BCUT2D eigenvalue weighted by Crippen LogP contribution is -2.60. The first-order valence-corrected chi connectivity index (χ1v) is 18.7. The van der Waals surface area contributed by atoms with Crippen molar-refractivity contribution < 1.29 is 39.8 Å². The fraction of sp³-hybridized carbons (Fsp3) is 0.972. The zero-order chi connectivity index (χ0) is 33.1. The number of aliphatic hydroxyl groups is 5. The van der Waals surface area contributed by atoms with Gasteiger partial charge in [-0.05, 0) is 12.8 Å². The summed E-state index contributed by atoms with van der Waals surface area (Å²) in [6.07, 6.45) is 19.6. The van der Waals surface area contributed by atoms with E-state index in [1.165, 1.54) is 103 Å². The van der Waals surface area contributed by atoms with E-state index in [0.29, 0.717) is 12.8 Å². The molecule has 6 N–H and O–H groups in total. The van der Waals surface area contributed by atoms with Gasteiger partial charge in [-0.1, -0.05) is 149 Å². The Labute approximate surface area is 274 Å². The van der Waals surface area contributed by atoms with E-state index in [9.17, 15) is 30.3 Å². The van der Waals surface area contributed by atoms with Crippen LogP contribution < -0.4 is 5.32 Å². The lowest BCUT2D eigenvalue weighted by molar-refractivity contribution is -0.302. The van der Waals surface area contributed by atoms with Gasteiger partial charge in [0.25, 0.3) is 0 Å². The Morgan fingerprint density at radius 1 is 0.667 bits per heavy atom. The molecule has 1 rings (SSSR count). The molecule has 1 saturated heterocycles. The molecule has 0 aliphatic carbocycles. The first-order chi connectivity index (χ1) is 21.8. The molecule has 45 heavy (non-hydrogen) atoms. The summed E-state index contributed by atoms with van der Waals surface area (Å²) >= 11 is 0. The standard InChI is InChI=1S/C36H71NO8/c1-3-5-7-9-11-13-15-17-19-21-23-25-30(39)29(28-44-36-35(43)34(42)33(41)31(27-38)45-36)37-32(40)26-24-22-20-18-16-14-12-10-8-6-4-2/h29-31,33-36,38-39,41-43H,3-28H2,1-2H3,(H,37,40)/t29?,30?,31-,33+,34+,35-,36+/m1/s1. The molecule has 1 heterocycles. The van der Waals surface area contributed by atoms with Crippen LogP contribution >= 0.6 is 0 Å². The fourth-order valence-electron chi connectivity index (χ4n) is 6.10. The SMILES string of the molecule is CCCCCCCCCCCCCC(=O)NC(CO[C@H]1O[C@H](CO)[C@H](O)[C@H](O)[C@H]1O)C(O)CCCCCCCCCCCCC. The van der Waals surface area contributed by atoms with E-state index in [2.05, 4.69) is 19.2 Å². The van der Waals surface area contributed by atoms with Gasteiger partial charge in [0.05, 0.1) is 25.4 Å². The maximum atomic E-state index is 12.8. The predicted octanol–water partition coefficient (Wildman–Crippen LogP) is 6.05. The number of rotatable bonds is 30. The van der Waals surface area contributed by atoms with Crippen molar-refractivity contribution in [2.75, 3.05) is 13.2 Å². The smallest absolute Gasteiger partial charge is 0.220 e. The van der Waals surface area contributed by atoms with E-state index in [0.717, 1.165) is 38.5 Å². The minimum atomic E-state index is -1.55. The average Bonchev–Trinajstić information content (AvgIpc) is 3.04. The molecule has 7 atom stereocenters. The molecule has 268 valence electrons. The number of carbonyl (C=O) groups excluding carboxylic acids is 1. The number of amides is 1. The fourth-order valence-corrected chi connectivity index (χ4v) is 6.10. The van der Waals surface area contributed by atoms with Gasteiger partial charge in [-0.3, -0.25) is 4.79 Å². The molecule has 0 spiro atoms. The Hall–Kier alpha value is -0.810. The van der Waals surface area contributed by atoms with Crippen molar-refractivity contribution in [3.63, 3.8) is 0 Å². The van der Waals surface area contributed by atoms with Crippen LogP contribution in [0, 0.1) is 0 Å². The summed E-state index contributed by atoms with van der Waals surface area (Å²) in [5.74, 6) is -0.147. The highest BCUT2D eigenvalue weighted by atomic mass is 16.7. The van der Waals surface area contributed by atoms with E-state index in [1.807, 2.05) is 0 Å². The largest absolute Gasteiger partial charge is 0.394 e. The molecular formula is C36H71NO8. The summed E-state index contributed by atoms with van der Waals surface area (Å²) in [7, 11) is 0. The summed E-state index contributed by atoms with van der Waals surface area (Å²) in [6.45, 7) is 3.79. The van der Waals surface area contributed by atoms with Crippen LogP contribution in [-0.4, -0.2) is 87.5 Å². The highest BCUT2D eigenvalue weighted by molar-refractivity contribution is 5.76. The molecule has 2 unspecified atom stereocenters. The van der Waals surface area contributed by atoms with Crippen LogP contribution in [0.1, 0.15) is 168 Å². The van der Waals surface area contributed by atoms with Crippen LogP contribution in [-0.2, 0) is 14.3 Å². The average molecular weight is 646 g/mol. The molecule has 9 heteroatoms. The molecule has 9 nitrogen and oxygen atoms in total. The molecule has 1 aliphatic heterocycles. The highest BCUT2D eigenvalue weighted by Crippen LogP contribution is 2.23. The monoisotopic (exact) mass is 646 g/mol. The first-order valence-electron chi connectivity index (χ1n) is 18.7. The van der Waals surface area contributed by atoms with Crippen LogP contribution in [0.15, 0.2) is 0 Å². The van der Waals surface area contributed by atoms with Crippen LogP contribution in [0.3, 0.4) is 0 Å². The maximum absolute atomic E-state index is 12.8.